The van der Waals surface area contributed by atoms with Gasteiger partial charge in [0.2, 0.25) is 0 Å². The minimum atomic E-state index is -0.361. The Hall–Kier alpha value is -2.41. The number of hydrogen-bond acceptors (Lipinski definition) is 7. The van der Waals surface area contributed by atoms with E-state index >= 15 is 0 Å². The van der Waals surface area contributed by atoms with E-state index in [1.54, 1.807) is 6.92 Å². The molecule has 0 spiro atoms. The summed E-state index contributed by atoms with van der Waals surface area (Å²) < 4.78 is 16.8. The van der Waals surface area contributed by atoms with Gasteiger partial charge in [-0.05, 0) is 45.2 Å². The Bertz CT molecular complexity index is 816. The highest BCUT2D eigenvalue weighted by atomic mass is 32.2. The normalized spacial score (nSPS) is 18.3. The smallest absolute Gasteiger partial charge is 0.338 e. The minimum absolute atomic E-state index is 0.311. The molecule has 1 atom stereocenters. The average molecular weight is 388 g/mol. The predicted molar refractivity (Wildman–Crippen MR) is 107 cm³/mol. The standard InChI is InChI=1S/C20H24N2O4S/c1-5-24-14-8-9-15(16(12-14)25-6-2)18-17(19(23)26-7-3)13(4)21-20-22(18)10-11-27-20/h8-12,18H,5-7H2,1-4H3/t18-/m1/s1. The monoisotopic (exact) mass is 388 g/mol. The van der Waals surface area contributed by atoms with Crippen molar-refractivity contribution in [1.82, 2.24) is 4.90 Å². The molecule has 144 valence electrons. The molecular weight excluding hydrogens is 364 g/mol. The van der Waals surface area contributed by atoms with Gasteiger partial charge >= 0.3 is 5.97 Å². The Kier molecular flexibility index (Phi) is 6.11. The lowest BCUT2D eigenvalue weighted by atomic mass is 9.94. The van der Waals surface area contributed by atoms with Gasteiger partial charge in [0.15, 0.2) is 5.17 Å². The van der Waals surface area contributed by atoms with Gasteiger partial charge in [0.1, 0.15) is 11.5 Å². The van der Waals surface area contributed by atoms with E-state index in [0.717, 1.165) is 16.5 Å². The Morgan fingerprint density at radius 1 is 1.19 bits per heavy atom. The zero-order chi connectivity index (χ0) is 19.4. The van der Waals surface area contributed by atoms with Crippen LogP contribution in [0.2, 0.25) is 0 Å². The number of hydrogen-bond donors (Lipinski definition) is 0. The maximum absolute atomic E-state index is 12.7. The number of rotatable bonds is 7. The van der Waals surface area contributed by atoms with E-state index < -0.39 is 0 Å². The molecule has 3 rings (SSSR count). The number of nitrogens with zero attached hydrogens (tertiary/aromatic N) is 2. The van der Waals surface area contributed by atoms with E-state index in [9.17, 15) is 4.79 Å². The van der Waals surface area contributed by atoms with Crippen LogP contribution in [0, 0.1) is 0 Å². The largest absolute Gasteiger partial charge is 0.494 e. The third-order valence-electron chi connectivity index (χ3n) is 4.21. The van der Waals surface area contributed by atoms with Gasteiger partial charge in [0.05, 0.1) is 37.1 Å². The first-order chi connectivity index (χ1) is 13.1. The van der Waals surface area contributed by atoms with Gasteiger partial charge < -0.3 is 19.1 Å². The van der Waals surface area contributed by atoms with E-state index in [1.807, 2.05) is 55.5 Å². The molecule has 27 heavy (non-hydrogen) atoms. The highest BCUT2D eigenvalue weighted by molar-refractivity contribution is 8.16. The third-order valence-corrected chi connectivity index (χ3v) is 4.98. The molecule has 0 fully saturated rings. The number of aliphatic imine (C=N–C) groups is 1. The number of benzene rings is 1. The van der Waals surface area contributed by atoms with Crippen LogP contribution in [-0.4, -0.2) is 35.9 Å². The fourth-order valence-electron chi connectivity index (χ4n) is 3.15. The molecule has 0 saturated carbocycles. The van der Waals surface area contributed by atoms with Crippen molar-refractivity contribution in [2.24, 2.45) is 4.99 Å². The number of carbonyl (C=O) groups is 1. The predicted octanol–water partition coefficient (Wildman–Crippen LogP) is 4.25. The van der Waals surface area contributed by atoms with Crippen molar-refractivity contribution >= 4 is 22.9 Å². The molecule has 0 unspecified atom stereocenters. The SMILES string of the molecule is CCOC(=O)C1=C(C)N=C2SC=CN2[C@@H]1c1ccc(OCC)cc1OCC. The lowest BCUT2D eigenvalue weighted by molar-refractivity contribution is -0.139. The van der Waals surface area contributed by atoms with Crippen LogP contribution in [-0.2, 0) is 9.53 Å². The van der Waals surface area contributed by atoms with Crippen LogP contribution in [0.4, 0.5) is 0 Å². The van der Waals surface area contributed by atoms with E-state index in [2.05, 4.69) is 4.99 Å². The molecule has 0 amide bonds. The van der Waals surface area contributed by atoms with Gasteiger partial charge in [-0.2, -0.15) is 0 Å². The first kappa shape index (κ1) is 19.4. The zero-order valence-electron chi connectivity index (χ0n) is 16.0. The second-order valence-corrected chi connectivity index (χ2v) is 6.77. The van der Waals surface area contributed by atoms with Gasteiger partial charge in [0.25, 0.3) is 0 Å². The number of thioether (sulfide) groups is 1. The maximum atomic E-state index is 12.7. The number of esters is 1. The van der Waals surface area contributed by atoms with Crippen LogP contribution >= 0.6 is 11.8 Å². The Balaban J connectivity index is 2.12. The van der Waals surface area contributed by atoms with Crippen LogP contribution < -0.4 is 9.47 Å². The molecule has 0 aliphatic carbocycles. The highest BCUT2D eigenvalue weighted by Gasteiger charge is 2.39. The van der Waals surface area contributed by atoms with Gasteiger partial charge in [-0.15, -0.1) is 0 Å². The topological polar surface area (TPSA) is 60.4 Å². The van der Waals surface area contributed by atoms with Gasteiger partial charge in [-0.25, -0.2) is 9.79 Å². The molecule has 1 aromatic carbocycles. The molecule has 6 nitrogen and oxygen atoms in total. The number of ether oxygens (including phenoxy) is 3. The van der Waals surface area contributed by atoms with Crippen LogP contribution in [0.1, 0.15) is 39.3 Å². The lowest BCUT2D eigenvalue weighted by Crippen LogP contribution is -2.34. The Morgan fingerprint density at radius 3 is 2.67 bits per heavy atom. The molecule has 0 saturated heterocycles. The number of amidine groups is 1. The minimum Gasteiger partial charge on any atom is -0.494 e. The van der Waals surface area contributed by atoms with E-state index in [-0.39, 0.29) is 12.0 Å². The summed E-state index contributed by atoms with van der Waals surface area (Å²) in [5.41, 5.74) is 2.07. The summed E-state index contributed by atoms with van der Waals surface area (Å²) in [7, 11) is 0. The fraction of sp³-hybridized carbons (Fsp3) is 0.400. The molecule has 0 aromatic heterocycles. The van der Waals surface area contributed by atoms with Crippen molar-refractivity contribution in [3.8, 4) is 11.5 Å². The maximum Gasteiger partial charge on any atom is 0.338 e. The van der Waals surface area contributed by atoms with E-state index in [0.29, 0.717) is 36.8 Å². The van der Waals surface area contributed by atoms with Gasteiger partial charge in [-0.1, -0.05) is 11.8 Å². The Labute approximate surface area is 163 Å². The molecule has 7 heteroatoms. The summed E-state index contributed by atoms with van der Waals surface area (Å²) in [4.78, 5) is 19.3. The fourth-order valence-corrected chi connectivity index (χ4v) is 3.95. The van der Waals surface area contributed by atoms with E-state index in [4.69, 9.17) is 14.2 Å². The van der Waals surface area contributed by atoms with Crippen LogP contribution in [0.5, 0.6) is 11.5 Å². The molecule has 0 bridgehead atoms. The number of carbonyl (C=O) groups excluding carboxylic acids is 1. The first-order valence-electron chi connectivity index (χ1n) is 9.08. The van der Waals surface area contributed by atoms with Crippen molar-refractivity contribution in [3.05, 3.63) is 46.6 Å². The molecule has 1 aromatic rings. The molecule has 0 N–H and O–H groups in total. The molecule has 2 aliphatic heterocycles. The van der Waals surface area contributed by atoms with Crippen molar-refractivity contribution in [2.45, 2.75) is 33.7 Å². The summed E-state index contributed by atoms with van der Waals surface area (Å²) >= 11 is 1.53. The first-order valence-corrected chi connectivity index (χ1v) is 9.96. The molecule has 0 radical (unpaired) electrons. The second kappa shape index (κ2) is 8.52. The quantitative estimate of drug-likeness (QED) is 0.651. The summed E-state index contributed by atoms with van der Waals surface area (Å²) in [6.45, 7) is 8.91. The summed E-state index contributed by atoms with van der Waals surface area (Å²) in [5, 5.41) is 2.80. The number of fused-ring (bicyclic) bond motifs is 1. The lowest BCUT2D eigenvalue weighted by Gasteiger charge is -2.34. The van der Waals surface area contributed by atoms with Gasteiger partial charge in [0, 0.05) is 17.8 Å². The summed E-state index contributed by atoms with van der Waals surface area (Å²) in [6.07, 6.45) is 1.94. The van der Waals surface area contributed by atoms with Crippen molar-refractivity contribution < 1.29 is 19.0 Å². The average Bonchev–Trinajstić information content (AvgIpc) is 3.10. The van der Waals surface area contributed by atoms with Crippen molar-refractivity contribution in [3.63, 3.8) is 0 Å². The van der Waals surface area contributed by atoms with Crippen LogP contribution in [0.25, 0.3) is 0 Å². The Morgan fingerprint density at radius 2 is 1.96 bits per heavy atom. The summed E-state index contributed by atoms with van der Waals surface area (Å²) in [5.74, 6) is 1.07. The third kappa shape index (κ3) is 3.83. The molecular formula is C20H24N2O4S. The molecule has 2 heterocycles. The highest BCUT2D eigenvalue weighted by Crippen LogP contribution is 2.44. The van der Waals surface area contributed by atoms with E-state index in [1.165, 1.54) is 11.8 Å². The van der Waals surface area contributed by atoms with Crippen molar-refractivity contribution in [1.29, 1.82) is 0 Å². The zero-order valence-corrected chi connectivity index (χ0v) is 16.8. The molecule has 2 aliphatic rings. The van der Waals surface area contributed by atoms with Crippen LogP contribution in [0.3, 0.4) is 0 Å². The van der Waals surface area contributed by atoms with Crippen molar-refractivity contribution in [2.75, 3.05) is 19.8 Å². The number of allylic oxidation sites excluding steroid dienone is 1. The second-order valence-electron chi connectivity index (χ2n) is 5.89. The van der Waals surface area contributed by atoms with Crippen LogP contribution in [0.15, 0.2) is 46.1 Å². The van der Waals surface area contributed by atoms with Gasteiger partial charge in [-0.3, -0.25) is 0 Å². The summed E-state index contributed by atoms with van der Waals surface area (Å²) in [6, 6.07) is 5.36.